The lowest BCUT2D eigenvalue weighted by Gasteiger charge is -2.05. The normalized spacial score (nSPS) is 13.4. The summed E-state index contributed by atoms with van der Waals surface area (Å²) in [6, 6.07) is 0. The van der Waals surface area contributed by atoms with Crippen LogP contribution in [0.25, 0.3) is 0 Å². The van der Waals surface area contributed by atoms with E-state index < -0.39 is 11.3 Å². The van der Waals surface area contributed by atoms with Gasteiger partial charge in [-0.15, -0.1) is 0 Å². The Kier molecular flexibility index (Phi) is 7.16. The summed E-state index contributed by atoms with van der Waals surface area (Å²) in [6.45, 7) is 3.65. The van der Waals surface area contributed by atoms with Gasteiger partial charge in [0.2, 0.25) is 0 Å². The Morgan fingerprint density at radius 3 is 2.90 bits per heavy atom. The summed E-state index contributed by atoms with van der Waals surface area (Å²) >= 11 is -2.13. The van der Waals surface area contributed by atoms with Gasteiger partial charge < -0.3 is 9.29 Å². The minimum atomic E-state index is -2.13. The minimum Gasteiger partial charge on any atom is -0.760 e. The third-order valence-corrected chi connectivity index (χ3v) is 1.33. The first-order valence-electron chi connectivity index (χ1n) is 3.18. The van der Waals surface area contributed by atoms with Crippen molar-refractivity contribution in [3.05, 3.63) is 0 Å². The molecule has 5 heteroatoms. The van der Waals surface area contributed by atoms with Crippen LogP contribution in [0.5, 0.6) is 0 Å². The van der Waals surface area contributed by atoms with E-state index in [0.29, 0.717) is 19.8 Å². The average molecular weight is 166 g/mol. The third kappa shape index (κ3) is 8.03. The average Bonchev–Trinajstić information content (AvgIpc) is 1.87. The number of nitrogens with one attached hydrogen (secondary N) is 1. The van der Waals surface area contributed by atoms with E-state index in [1.54, 1.807) is 0 Å². The van der Waals surface area contributed by atoms with E-state index in [9.17, 15) is 8.76 Å². The Bertz CT molecular complexity index is 98.9. The molecule has 0 aliphatic rings. The van der Waals surface area contributed by atoms with Gasteiger partial charge in [-0.2, -0.15) is 0 Å². The van der Waals surface area contributed by atoms with Crippen LogP contribution in [0.15, 0.2) is 0 Å². The highest BCUT2D eigenvalue weighted by Crippen LogP contribution is 1.79. The molecule has 0 aromatic heterocycles. The SMILES string of the molecule is CCOCCCNS(=O)[O-]. The highest BCUT2D eigenvalue weighted by atomic mass is 32.2. The van der Waals surface area contributed by atoms with Crippen molar-refractivity contribution in [2.24, 2.45) is 0 Å². The Morgan fingerprint density at radius 2 is 2.40 bits per heavy atom. The van der Waals surface area contributed by atoms with Gasteiger partial charge in [-0.05, 0) is 13.3 Å². The second-order valence-electron chi connectivity index (χ2n) is 1.68. The van der Waals surface area contributed by atoms with Gasteiger partial charge in [-0.3, -0.25) is 4.21 Å². The molecule has 4 nitrogen and oxygen atoms in total. The zero-order valence-electron chi connectivity index (χ0n) is 5.96. The first-order chi connectivity index (χ1) is 4.77. The summed E-state index contributed by atoms with van der Waals surface area (Å²) in [5.41, 5.74) is 0. The van der Waals surface area contributed by atoms with Crippen molar-refractivity contribution >= 4 is 11.3 Å². The zero-order valence-corrected chi connectivity index (χ0v) is 6.78. The van der Waals surface area contributed by atoms with Crippen LogP contribution in [-0.4, -0.2) is 28.5 Å². The van der Waals surface area contributed by atoms with Crippen molar-refractivity contribution in [1.82, 2.24) is 4.72 Å². The van der Waals surface area contributed by atoms with Crippen LogP contribution >= 0.6 is 0 Å². The summed E-state index contributed by atoms with van der Waals surface area (Å²) in [5, 5.41) is 0. The van der Waals surface area contributed by atoms with Crippen molar-refractivity contribution in [2.75, 3.05) is 19.8 Å². The lowest BCUT2D eigenvalue weighted by Crippen LogP contribution is -2.18. The van der Waals surface area contributed by atoms with Gasteiger partial charge in [-0.25, -0.2) is 4.72 Å². The molecule has 0 saturated heterocycles. The van der Waals surface area contributed by atoms with Crippen LogP contribution in [0, 0.1) is 0 Å². The van der Waals surface area contributed by atoms with Gasteiger partial charge >= 0.3 is 0 Å². The van der Waals surface area contributed by atoms with E-state index in [2.05, 4.69) is 4.72 Å². The molecule has 1 unspecified atom stereocenters. The van der Waals surface area contributed by atoms with E-state index in [4.69, 9.17) is 4.74 Å². The van der Waals surface area contributed by atoms with Crippen molar-refractivity contribution < 1.29 is 13.5 Å². The molecule has 0 amide bonds. The Labute approximate surface area is 63.4 Å². The molecule has 62 valence electrons. The molecule has 0 spiro atoms. The number of hydrogen-bond donors (Lipinski definition) is 1. The second-order valence-corrected chi connectivity index (χ2v) is 2.44. The maximum absolute atomic E-state index is 9.88. The van der Waals surface area contributed by atoms with Crippen LogP contribution in [0.4, 0.5) is 0 Å². The molecule has 0 bridgehead atoms. The molecule has 0 aliphatic heterocycles. The maximum Gasteiger partial charge on any atom is 0.0478 e. The summed E-state index contributed by atoms with van der Waals surface area (Å²) in [4.78, 5) is 0. The molecule has 0 aromatic carbocycles. The summed E-state index contributed by atoms with van der Waals surface area (Å²) < 4.78 is 27.0. The van der Waals surface area contributed by atoms with Crippen LogP contribution in [0.2, 0.25) is 0 Å². The lowest BCUT2D eigenvalue weighted by molar-refractivity contribution is 0.146. The summed E-state index contributed by atoms with van der Waals surface area (Å²) in [7, 11) is 0. The molecular formula is C5H12NO3S-. The van der Waals surface area contributed by atoms with Gasteiger partial charge in [0.05, 0.1) is 0 Å². The van der Waals surface area contributed by atoms with Gasteiger partial charge in [-0.1, -0.05) is 0 Å². The molecule has 0 fully saturated rings. The number of ether oxygens (including phenoxy) is 1. The van der Waals surface area contributed by atoms with E-state index in [-0.39, 0.29) is 0 Å². The highest BCUT2D eigenvalue weighted by molar-refractivity contribution is 7.77. The Balaban J connectivity index is 2.84. The molecule has 0 radical (unpaired) electrons. The molecule has 1 atom stereocenters. The van der Waals surface area contributed by atoms with Crippen LogP contribution in [-0.2, 0) is 16.0 Å². The number of rotatable bonds is 6. The predicted molar refractivity (Wildman–Crippen MR) is 38.0 cm³/mol. The molecule has 0 aromatic rings. The van der Waals surface area contributed by atoms with Crippen LogP contribution in [0.3, 0.4) is 0 Å². The fraction of sp³-hybridized carbons (Fsp3) is 1.00. The maximum atomic E-state index is 9.88. The quantitative estimate of drug-likeness (QED) is 0.439. The third-order valence-electron chi connectivity index (χ3n) is 0.889. The van der Waals surface area contributed by atoms with Crippen molar-refractivity contribution in [2.45, 2.75) is 13.3 Å². The molecular weight excluding hydrogens is 154 g/mol. The largest absolute Gasteiger partial charge is 0.760 e. The fourth-order valence-corrected chi connectivity index (χ4v) is 0.785. The van der Waals surface area contributed by atoms with E-state index in [0.717, 1.165) is 6.42 Å². The monoisotopic (exact) mass is 166 g/mol. The predicted octanol–water partition coefficient (Wildman–Crippen LogP) is -0.203. The van der Waals surface area contributed by atoms with Crippen molar-refractivity contribution in [1.29, 1.82) is 0 Å². The first-order valence-corrected chi connectivity index (χ1v) is 4.25. The van der Waals surface area contributed by atoms with Crippen molar-refractivity contribution in [3.8, 4) is 0 Å². The van der Waals surface area contributed by atoms with E-state index >= 15 is 0 Å². The summed E-state index contributed by atoms with van der Waals surface area (Å²) in [6.07, 6.45) is 0.724. The van der Waals surface area contributed by atoms with E-state index in [1.165, 1.54) is 0 Å². The van der Waals surface area contributed by atoms with Crippen LogP contribution in [0.1, 0.15) is 13.3 Å². The zero-order chi connectivity index (χ0) is 7.82. The topological polar surface area (TPSA) is 61.4 Å². The van der Waals surface area contributed by atoms with Gasteiger partial charge in [0.15, 0.2) is 0 Å². The summed E-state index contributed by atoms with van der Waals surface area (Å²) in [5.74, 6) is 0. The molecule has 0 rings (SSSR count). The highest BCUT2D eigenvalue weighted by Gasteiger charge is 1.85. The second kappa shape index (κ2) is 7.14. The minimum absolute atomic E-state index is 0.454. The Morgan fingerprint density at radius 1 is 1.70 bits per heavy atom. The molecule has 0 heterocycles. The molecule has 1 N–H and O–H groups in total. The van der Waals surface area contributed by atoms with Gasteiger partial charge in [0.1, 0.15) is 0 Å². The van der Waals surface area contributed by atoms with E-state index in [1.807, 2.05) is 6.92 Å². The Hall–Kier alpha value is 0.0300. The fourth-order valence-electron chi connectivity index (χ4n) is 0.474. The molecule has 10 heavy (non-hydrogen) atoms. The smallest absolute Gasteiger partial charge is 0.0478 e. The lowest BCUT2D eigenvalue weighted by atomic mass is 10.5. The number of hydrogen-bond acceptors (Lipinski definition) is 3. The first kappa shape index (κ1) is 10.0. The van der Waals surface area contributed by atoms with Gasteiger partial charge in [0.25, 0.3) is 0 Å². The van der Waals surface area contributed by atoms with Crippen molar-refractivity contribution in [3.63, 3.8) is 0 Å². The molecule has 0 saturated carbocycles. The standard InChI is InChI=1S/C5H13NO3S/c1-2-9-5-3-4-6-10(7)8/h6H,2-5H2,1H3,(H,7,8)/p-1. The van der Waals surface area contributed by atoms with Crippen LogP contribution < -0.4 is 4.72 Å². The van der Waals surface area contributed by atoms with Gasteiger partial charge in [0, 0.05) is 31.0 Å². The molecule has 0 aliphatic carbocycles.